The van der Waals surface area contributed by atoms with Crippen LogP contribution in [-0.2, 0) is 14.6 Å². The zero-order valence-corrected chi connectivity index (χ0v) is 11.2. The van der Waals surface area contributed by atoms with Crippen LogP contribution in [0.2, 0.25) is 0 Å². The molecule has 1 amide bonds. The molecule has 0 aliphatic carbocycles. The van der Waals surface area contributed by atoms with Crippen molar-refractivity contribution in [3.63, 3.8) is 0 Å². The van der Waals surface area contributed by atoms with Gasteiger partial charge in [-0.15, -0.1) is 0 Å². The molecule has 5 nitrogen and oxygen atoms in total. The Bertz CT molecular complexity index is 336. The van der Waals surface area contributed by atoms with E-state index in [1.807, 2.05) is 20.8 Å². The molecule has 3 N–H and O–H groups in total. The number of nitrogens with two attached hydrogens (primary N) is 1. The molecule has 0 aromatic carbocycles. The summed E-state index contributed by atoms with van der Waals surface area (Å²) in [7, 11) is -3.06. The first kappa shape index (κ1) is 15.4. The van der Waals surface area contributed by atoms with Crippen LogP contribution in [0.1, 0.15) is 33.6 Å². The third kappa shape index (κ3) is 6.79. The molecule has 0 heterocycles. The zero-order valence-electron chi connectivity index (χ0n) is 10.4. The van der Waals surface area contributed by atoms with Crippen LogP contribution in [0.4, 0.5) is 0 Å². The lowest BCUT2D eigenvalue weighted by Crippen LogP contribution is -2.50. The number of hydrogen-bond acceptors (Lipinski definition) is 4. The summed E-state index contributed by atoms with van der Waals surface area (Å²) in [5, 5.41) is 2.78. The Balaban J connectivity index is 4.20. The lowest BCUT2D eigenvalue weighted by molar-refractivity contribution is -0.124. The first-order chi connectivity index (χ1) is 7.07. The Labute approximate surface area is 97.7 Å². The topological polar surface area (TPSA) is 89.3 Å². The van der Waals surface area contributed by atoms with Gasteiger partial charge < -0.3 is 11.1 Å². The van der Waals surface area contributed by atoms with Gasteiger partial charge >= 0.3 is 0 Å². The highest BCUT2D eigenvalue weighted by Crippen LogP contribution is 2.07. The highest BCUT2D eigenvalue weighted by Gasteiger charge is 2.22. The summed E-state index contributed by atoms with van der Waals surface area (Å²) in [4.78, 5) is 11.6. The van der Waals surface area contributed by atoms with Crippen LogP contribution in [0.5, 0.6) is 0 Å². The van der Waals surface area contributed by atoms with Gasteiger partial charge in [-0.05, 0) is 26.7 Å². The van der Waals surface area contributed by atoms with Crippen LogP contribution < -0.4 is 11.1 Å². The molecule has 0 bridgehead atoms. The van der Waals surface area contributed by atoms with E-state index in [0.717, 1.165) is 12.7 Å². The van der Waals surface area contributed by atoms with Gasteiger partial charge in [-0.2, -0.15) is 0 Å². The highest BCUT2D eigenvalue weighted by molar-refractivity contribution is 7.90. The molecule has 96 valence electrons. The Morgan fingerprint density at radius 2 is 1.94 bits per heavy atom. The SMILES string of the molecule is CCC(C)(C)NC(=O)C(N)CCS(C)(=O)=O. The normalized spacial score (nSPS) is 14.6. The van der Waals surface area contributed by atoms with Gasteiger partial charge in [0.2, 0.25) is 5.91 Å². The fraction of sp³-hybridized carbons (Fsp3) is 0.900. The van der Waals surface area contributed by atoms with Crippen LogP contribution in [0, 0.1) is 0 Å². The van der Waals surface area contributed by atoms with Crippen molar-refractivity contribution in [2.45, 2.75) is 45.2 Å². The number of sulfone groups is 1. The number of nitrogens with one attached hydrogen (secondary N) is 1. The molecule has 16 heavy (non-hydrogen) atoms. The monoisotopic (exact) mass is 250 g/mol. The van der Waals surface area contributed by atoms with Crippen LogP contribution >= 0.6 is 0 Å². The quantitative estimate of drug-likeness (QED) is 0.697. The van der Waals surface area contributed by atoms with Gasteiger partial charge in [0.25, 0.3) is 0 Å². The van der Waals surface area contributed by atoms with Crippen molar-refractivity contribution in [2.24, 2.45) is 5.73 Å². The molecule has 6 heteroatoms. The summed E-state index contributed by atoms with van der Waals surface area (Å²) in [6.45, 7) is 5.75. The number of carbonyl (C=O) groups excluding carboxylic acids is 1. The van der Waals surface area contributed by atoms with E-state index in [4.69, 9.17) is 5.73 Å². The summed E-state index contributed by atoms with van der Waals surface area (Å²) in [5.41, 5.74) is 5.30. The third-order valence-electron chi connectivity index (χ3n) is 2.48. The fourth-order valence-electron chi connectivity index (χ4n) is 0.987. The molecular weight excluding hydrogens is 228 g/mol. The maximum atomic E-state index is 11.6. The molecular formula is C10H22N2O3S. The van der Waals surface area contributed by atoms with E-state index in [9.17, 15) is 13.2 Å². The minimum Gasteiger partial charge on any atom is -0.350 e. The van der Waals surface area contributed by atoms with Crippen LogP contribution in [0.15, 0.2) is 0 Å². The molecule has 0 fully saturated rings. The van der Waals surface area contributed by atoms with Crippen molar-refractivity contribution in [3.05, 3.63) is 0 Å². The zero-order chi connectivity index (χ0) is 13.0. The van der Waals surface area contributed by atoms with Crippen molar-refractivity contribution in [1.82, 2.24) is 5.32 Å². The van der Waals surface area contributed by atoms with Crippen LogP contribution in [0.25, 0.3) is 0 Å². The fourth-order valence-corrected chi connectivity index (χ4v) is 1.67. The number of hydrogen-bond donors (Lipinski definition) is 2. The standard InChI is InChI=1S/C10H22N2O3S/c1-5-10(2,3)12-9(13)8(11)6-7-16(4,14)15/h8H,5-7,11H2,1-4H3,(H,12,13). The average Bonchev–Trinajstić information content (AvgIpc) is 2.12. The van der Waals surface area contributed by atoms with Gasteiger partial charge in [-0.3, -0.25) is 4.79 Å². The summed E-state index contributed by atoms with van der Waals surface area (Å²) < 4.78 is 21.8. The Morgan fingerprint density at radius 3 is 2.31 bits per heavy atom. The molecule has 1 unspecified atom stereocenters. The summed E-state index contributed by atoms with van der Waals surface area (Å²) in [5.74, 6) is -0.357. The number of carbonyl (C=O) groups is 1. The van der Waals surface area contributed by atoms with Crippen LogP contribution in [-0.4, -0.2) is 37.9 Å². The Morgan fingerprint density at radius 1 is 1.44 bits per heavy atom. The molecule has 0 saturated heterocycles. The molecule has 0 aliphatic rings. The average molecular weight is 250 g/mol. The maximum absolute atomic E-state index is 11.6. The van der Waals surface area contributed by atoms with Gasteiger partial charge in [-0.25, -0.2) is 8.42 Å². The minimum atomic E-state index is -3.06. The predicted octanol–water partition coefficient (Wildman–Crippen LogP) is 0.0532. The smallest absolute Gasteiger partial charge is 0.237 e. The Hall–Kier alpha value is -0.620. The minimum absolute atomic E-state index is 0.0614. The first-order valence-electron chi connectivity index (χ1n) is 5.33. The molecule has 0 radical (unpaired) electrons. The summed E-state index contributed by atoms with van der Waals surface area (Å²) >= 11 is 0. The van der Waals surface area contributed by atoms with Gasteiger partial charge in [0, 0.05) is 11.8 Å². The van der Waals surface area contributed by atoms with Crippen LogP contribution in [0.3, 0.4) is 0 Å². The molecule has 0 spiro atoms. The van der Waals surface area contributed by atoms with E-state index < -0.39 is 15.9 Å². The van der Waals surface area contributed by atoms with Crippen molar-refractivity contribution in [3.8, 4) is 0 Å². The van der Waals surface area contributed by atoms with Crippen molar-refractivity contribution in [1.29, 1.82) is 0 Å². The van der Waals surface area contributed by atoms with Gasteiger partial charge in [0.1, 0.15) is 9.84 Å². The van der Waals surface area contributed by atoms with Crippen molar-refractivity contribution >= 4 is 15.7 Å². The van der Waals surface area contributed by atoms with E-state index in [2.05, 4.69) is 5.32 Å². The molecule has 0 aromatic rings. The third-order valence-corrected chi connectivity index (χ3v) is 3.46. The van der Waals surface area contributed by atoms with E-state index in [1.54, 1.807) is 0 Å². The largest absolute Gasteiger partial charge is 0.350 e. The summed E-state index contributed by atoms with van der Waals surface area (Å²) in [6, 6.07) is -0.763. The number of amides is 1. The second-order valence-corrected chi connectivity index (χ2v) is 7.01. The highest BCUT2D eigenvalue weighted by atomic mass is 32.2. The van der Waals surface area contributed by atoms with Gasteiger partial charge in [0.15, 0.2) is 0 Å². The Kier molecular flexibility index (Phi) is 5.41. The van der Waals surface area contributed by atoms with E-state index in [0.29, 0.717) is 0 Å². The lowest BCUT2D eigenvalue weighted by atomic mass is 10.0. The summed E-state index contributed by atoms with van der Waals surface area (Å²) in [6.07, 6.45) is 2.08. The van der Waals surface area contributed by atoms with Gasteiger partial charge in [0.05, 0.1) is 11.8 Å². The molecule has 0 rings (SSSR count). The van der Waals surface area contributed by atoms with E-state index in [1.165, 1.54) is 0 Å². The number of rotatable bonds is 6. The second-order valence-electron chi connectivity index (χ2n) is 4.75. The van der Waals surface area contributed by atoms with Crippen molar-refractivity contribution in [2.75, 3.05) is 12.0 Å². The second kappa shape index (κ2) is 5.63. The predicted molar refractivity (Wildman–Crippen MR) is 64.8 cm³/mol. The van der Waals surface area contributed by atoms with Crippen molar-refractivity contribution < 1.29 is 13.2 Å². The van der Waals surface area contributed by atoms with Gasteiger partial charge in [-0.1, -0.05) is 6.92 Å². The van der Waals surface area contributed by atoms with E-state index in [-0.39, 0.29) is 23.6 Å². The molecule has 0 aromatic heterocycles. The molecule has 0 saturated carbocycles. The lowest BCUT2D eigenvalue weighted by Gasteiger charge is -2.26. The van der Waals surface area contributed by atoms with E-state index >= 15 is 0 Å². The first-order valence-corrected chi connectivity index (χ1v) is 7.39. The molecule has 1 atom stereocenters. The molecule has 0 aliphatic heterocycles. The maximum Gasteiger partial charge on any atom is 0.237 e.